The van der Waals surface area contributed by atoms with Crippen LogP contribution in [0.5, 0.6) is 0 Å². The number of para-hydroxylation sites is 1. The number of urea groups is 1. The van der Waals surface area contributed by atoms with E-state index in [1.54, 1.807) is 30.0 Å². The summed E-state index contributed by atoms with van der Waals surface area (Å²) in [5, 5.41) is 2.99. The summed E-state index contributed by atoms with van der Waals surface area (Å²) in [6.07, 6.45) is 2.35. The molecule has 7 nitrogen and oxygen atoms in total. The molecule has 2 heterocycles. The Morgan fingerprint density at radius 2 is 2.19 bits per heavy atom. The van der Waals surface area contributed by atoms with Crippen molar-refractivity contribution in [3.8, 4) is 0 Å². The van der Waals surface area contributed by atoms with E-state index in [4.69, 9.17) is 4.42 Å². The molecular weight excluding hydrogens is 344 g/mol. The van der Waals surface area contributed by atoms with Crippen LogP contribution in [0, 0.1) is 12.8 Å². The predicted octanol–water partition coefficient (Wildman–Crippen LogP) is 3.40. The number of benzene rings is 1. The smallest absolute Gasteiger partial charge is 0.321 e. The fourth-order valence-electron chi connectivity index (χ4n) is 3.40. The lowest BCUT2D eigenvalue weighted by Gasteiger charge is -2.35. The number of anilines is 1. The van der Waals surface area contributed by atoms with Crippen molar-refractivity contribution in [1.82, 2.24) is 14.8 Å². The summed E-state index contributed by atoms with van der Waals surface area (Å²) >= 11 is 0. The molecule has 1 aromatic carbocycles. The largest absolute Gasteiger partial charge is 0.449 e. The molecule has 0 spiro atoms. The van der Waals surface area contributed by atoms with Gasteiger partial charge < -0.3 is 19.5 Å². The first kappa shape index (κ1) is 18.9. The average molecular weight is 370 g/mol. The highest BCUT2D eigenvalue weighted by Crippen LogP contribution is 2.28. The molecule has 0 saturated heterocycles. The van der Waals surface area contributed by atoms with Gasteiger partial charge in [-0.3, -0.25) is 4.79 Å². The highest BCUT2D eigenvalue weighted by molar-refractivity contribution is 5.98. The summed E-state index contributed by atoms with van der Waals surface area (Å²) in [5.74, 6) is 0.450. The summed E-state index contributed by atoms with van der Waals surface area (Å²) in [6, 6.07) is 6.88. The van der Waals surface area contributed by atoms with Crippen molar-refractivity contribution in [1.29, 1.82) is 0 Å². The third-order valence-electron chi connectivity index (χ3n) is 5.04. The van der Waals surface area contributed by atoms with Crippen molar-refractivity contribution in [3.05, 3.63) is 47.7 Å². The van der Waals surface area contributed by atoms with Crippen LogP contribution in [0.15, 0.2) is 34.9 Å². The Balaban J connectivity index is 1.89. The van der Waals surface area contributed by atoms with E-state index in [0.29, 0.717) is 24.7 Å². The van der Waals surface area contributed by atoms with Crippen LogP contribution in [0.4, 0.5) is 10.5 Å². The molecule has 0 aliphatic carbocycles. The molecule has 0 fully saturated rings. The van der Waals surface area contributed by atoms with Crippen LogP contribution >= 0.6 is 0 Å². The van der Waals surface area contributed by atoms with Crippen molar-refractivity contribution < 1.29 is 14.0 Å². The summed E-state index contributed by atoms with van der Waals surface area (Å²) in [4.78, 5) is 33.7. The first-order valence-electron chi connectivity index (χ1n) is 9.22. The molecule has 1 aliphatic heterocycles. The van der Waals surface area contributed by atoms with E-state index < -0.39 is 6.04 Å². The van der Waals surface area contributed by atoms with Gasteiger partial charge in [0.15, 0.2) is 5.89 Å². The lowest BCUT2D eigenvalue weighted by Crippen LogP contribution is -2.52. The SMILES string of the molecule is CCC(C)C1C(=O)Nc2ccccc2CN1C(=O)N(C)Cc1coc(C)n1. The van der Waals surface area contributed by atoms with Crippen LogP contribution in [0.2, 0.25) is 0 Å². The zero-order chi connectivity index (χ0) is 19.6. The maximum atomic E-state index is 13.3. The lowest BCUT2D eigenvalue weighted by molar-refractivity contribution is -0.122. The number of nitrogens with zero attached hydrogens (tertiary/aromatic N) is 3. The number of carbonyl (C=O) groups is 2. The number of fused-ring (bicyclic) bond motifs is 1. The highest BCUT2D eigenvalue weighted by atomic mass is 16.3. The van der Waals surface area contributed by atoms with Gasteiger partial charge in [-0.25, -0.2) is 9.78 Å². The monoisotopic (exact) mass is 370 g/mol. The number of nitrogens with one attached hydrogen (secondary N) is 1. The molecule has 3 rings (SSSR count). The quantitative estimate of drug-likeness (QED) is 0.895. The molecule has 0 bridgehead atoms. The Hall–Kier alpha value is -2.83. The van der Waals surface area contributed by atoms with Crippen LogP contribution in [-0.4, -0.2) is 39.8 Å². The maximum Gasteiger partial charge on any atom is 0.321 e. The highest BCUT2D eigenvalue weighted by Gasteiger charge is 2.37. The van der Waals surface area contributed by atoms with Gasteiger partial charge in [-0.2, -0.15) is 0 Å². The first-order valence-corrected chi connectivity index (χ1v) is 9.22. The van der Waals surface area contributed by atoms with Gasteiger partial charge in [0.25, 0.3) is 0 Å². The summed E-state index contributed by atoms with van der Waals surface area (Å²) in [6.45, 7) is 6.50. The number of amides is 3. The average Bonchev–Trinajstić information content (AvgIpc) is 2.98. The Kier molecular flexibility index (Phi) is 5.48. The molecule has 2 unspecified atom stereocenters. The van der Waals surface area contributed by atoms with Gasteiger partial charge in [0.1, 0.15) is 12.3 Å². The standard InChI is InChI=1S/C20H26N4O3/c1-5-13(2)18-19(25)22-17-9-7-6-8-15(17)10-24(18)20(26)23(4)11-16-12-27-14(3)21-16/h6-9,12-13,18H,5,10-11H2,1-4H3,(H,22,25). The van der Waals surface area contributed by atoms with E-state index in [1.807, 2.05) is 38.1 Å². The van der Waals surface area contributed by atoms with Gasteiger partial charge in [-0.05, 0) is 17.5 Å². The molecular formula is C20H26N4O3. The minimum Gasteiger partial charge on any atom is -0.449 e. The molecule has 3 amide bonds. The third-order valence-corrected chi connectivity index (χ3v) is 5.04. The third kappa shape index (κ3) is 3.97. The number of hydrogen-bond donors (Lipinski definition) is 1. The van der Waals surface area contributed by atoms with E-state index in [1.165, 1.54) is 0 Å². The van der Waals surface area contributed by atoms with Crippen LogP contribution in [-0.2, 0) is 17.9 Å². The Morgan fingerprint density at radius 3 is 2.85 bits per heavy atom. The van der Waals surface area contributed by atoms with E-state index in [-0.39, 0.29) is 17.9 Å². The minimum atomic E-state index is -0.531. The molecule has 7 heteroatoms. The zero-order valence-electron chi connectivity index (χ0n) is 16.2. The van der Waals surface area contributed by atoms with Crippen LogP contribution in [0.1, 0.15) is 37.4 Å². The second-order valence-corrected chi connectivity index (χ2v) is 7.10. The van der Waals surface area contributed by atoms with Gasteiger partial charge >= 0.3 is 6.03 Å². The van der Waals surface area contributed by atoms with Crippen LogP contribution in [0.25, 0.3) is 0 Å². The molecule has 27 heavy (non-hydrogen) atoms. The van der Waals surface area contributed by atoms with E-state index in [2.05, 4.69) is 10.3 Å². The summed E-state index contributed by atoms with van der Waals surface area (Å²) < 4.78 is 5.22. The van der Waals surface area contributed by atoms with E-state index in [0.717, 1.165) is 17.7 Å². The number of oxazole rings is 1. The second kappa shape index (κ2) is 7.82. The lowest BCUT2D eigenvalue weighted by atomic mass is 9.97. The van der Waals surface area contributed by atoms with Gasteiger partial charge in [-0.15, -0.1) is 0 Å². The molecule has 1 N–H and O–H groups in total. The van der Waals surface area contributed by atoms with Crippen molar-refractivity contribution in [3.63, 3.8) is 0 Å². The summed E-state index contributed by atoms with van der Waals surface area (Å²) in [5.41, 5.74) is 2.37. The number of aryl methyl sites for hydroxylation is 1. The Labute approximate surface area is 159 Å². The zero-order valence-corrected chi connectivity index (χ0v) is 16.2. The predicted molar refractivity (Wildman–Crippen MR) is 102 cm³/mol. The molecule has 2 atom stereocenters. The van der Waals surface area contributed by atoms with Crippen LogP contribution in [0.3, 0.4) is 0 Å². The van der Waals surface area contributed by atoms with Crippen molar-refractivity contribution in [2.45, 2.75) is 46.3 Å². The Morgan fingerprint density at radius 1 is 1.44 bits per heavy atom. The molecule has 0 saturated carbocycles. The fourth-order valence-corrected chi connectivity index (χ4v) is 3.40. The van der Waals surface area contributed by atoms with Gasteiger partial charge in [-0.1, -0.05) is 38.5 Å². The second-order valence-electron chi connectivity index (χ2n) is 7.10. The Bertz CT molecular complexity index is 832. The maximum absolute atomic E-state index is 13.3. The van der Waals surface area contributed by atoms with E-state index in [9.17, 15) is 9.59 Å². The number of carbonyl (C=O) groups excluding carboxylic acids is 2. The molecule has 1 aromatic heterocycles. The molecule has 1 aliphatic rings. The van der Waals surface area contributed by atoms with Crippen molar-refractivity contribution in [2.24, 2.45) is 5.92 Å². The fraction of sp³-hybridized carbons (Fsp3) is 0.450. The molecule has 0 radical (unpaired) electrons. The van der Waals surface area contributed by atoms with Crippen LogP contribution < -0.4 is 5.32 Å². The number of aromatic nitrogens is 1. The van der Waals surface area contributed by atoms with E-state index >= 15 is 0 Å². The number of rotatable bonds is 4. The first-order chi connectivity index (χ1) is 12.9. The normalized spacial score (nSPS) is 17.7. The molecule has 2 aromatic rings. The van der Waals surface area contributed by atoms with Gasteiger partial charge in [0.2, 0.25) is 5.91 Å². The molecule has 144 valence electrons. The minimum absolute atomic E-state index is 0.0333. The summed E-state index contributed by atoms with van der Waals surface area (Å²) in [7, 11) is 1.72. The van der Waals surface area contributed by atoms with Gasteiger partial charge in [0.05, 0.1) is 18.8 Å². The van der Waals surface area contributed by atoms with Gasteiger partial charge in [0, 0.05) is 19.7 Å². The topological polar surface area (TPSA) is 78.7 Å². The van der Waals surface area contributed by atoms with Crippen molar-refractivity contribution >= 4 is 17.6 Å². The number of hydrogen-bond acceptors (Lipinski definition) is 4. The van der Waals surface area contributed by atoms with Crippen molar-refractivity contribution in [2.75, 3.05) is 12.4 Å².